The monoisotopic (exact) mass is 534 g/mol. The van der Waals surface area contributed by atoms with Crippen LogP contribution in [0.1, 0.15) is 162 Å². The molecule has 216 valence electrons. The highest BCUT2D eigenvalue weighted by Gasteiger charge is 2.11. The number of unbranched alkanes of at least 4 members (excludes halogenated alkanes) is 19. The lowest BCUT2D eigenvalue weighted by molar-refractivity contribution is 0.0497. The van der Waals surface area contributed by atoms with Crippen molar-refractivity contribution in [2.45, 2.75) is 135 Å². The molecule has 0 N–H and O–H groups in total. The fourth-order valence-electron chi connectivity index (χ4n) is 5.12. The van der Waals surface area contributed by atoms with Gasteiger partial charge in [-0.25, -0.2) is 4.79 Å². The van der Waals surface area contributed by atoms with Crippen LogP contribution in [-0.4, -0.2) is 18.4 Å². The van der Waals surface area contributed by atoms with E-state index in [2.05, 4.69) is 6.92 Å². The summed E-state index contributed by atoms with van der Waals surface area (Å²) in [7, 11) is 0. The summed E-state index contributed by atoms with van der Waals surface area (Å²) in [5.41, 5.74) is 1.71. The number of carbonyl (C=O) groups excluding carboxylic acids is 2. The summed E-state index contributed by atoms with van der Waals surface area (Å²) in [5, 5.41) is 0. The van der Waals surface area contributed by atoms with Gasteiger partial charge in [-0.1, -0.05) is 171 Å². The Balaban J connectivity index is 1.35. The molecule has 0 unspecified atom stereocenters. The molecule has 0 radical (unpaired) electrons. The fourth-order valence-corrected chi connectivity index (χ4v) is 5.12. The number of ketones is 1. The van der Waals surface area contributed by atoms with Gasteiger partial charge in [0.05, 0.1) is 12.2 Å². The molecule has 0 atom stereocenters. The van der Waals surface area contributed by atoms with Crippen LogP contribution in [0.2, 0.25) is 0 Å². The molecule has 0 aliphatic carbocycles. The first-order valence-corrected chi connectivity index (χ1v) is 16.1. The normalized spacial score (nSPS) is 11.0. The first kappa shape index (κ1) is 32.8. The van der Waals surface area contributed by atoms with Crippen molar-refractivity contribution < 1.29 is 14.3 Å². The number of carbonyl (C=O) groups is 2. The molecule has 2 aromatic rings. The Hall–Kier alpha value is -2.42. The molecule has 0 bridgehead atoms. The minimum atomic E-state index is -0.313. The van der Waals surface area contributed by atoms with E-state index in [1.807, 2.05) is 18.2 Å². The molecule has 2 rings (SSSR count). The average molecular weight is 535 g/mol. The van der Waals surface area contributed by atoms with Gasteiger partial charge in [0.2, 0.25) is 0 Å². The third-order valence-electron chi connectivity index (χ3n) is 7.65. The van der Waals surface area contributed by atoms with E-state index in [4.69, 9.17) is 4.74 Å². The molecule has 3 heteroatoms. The summed E-state index contributed by atoms with van der Waals surface area (Å²) in [6.45, 7) is 2.75. The van der Waals surface area contributed by atoms with Gasteiger partial charge in [0.25, 0.3) is 0 Å². The second-order valence-electron chi connectivity index (χ2n) is 11.1. The van der Waals surface area contributed by atoms with Gasteiger partial charge in [0.15, 0.2) is 5.78 Å². The Morgan fingerprint density at radius 1 is 0.462 bits per heavy atom. The summed E-state index contributed by atoms with van der Waals surface area (Å²) >= 11 is 0. The number of ether oxygens (including phenoxy) is 1. The summed E-state index contributed by atoms with van der Waals surface area (Å²) < 4.78 is 5.43. The molecule has 0 heterocycles. The SMILES string of the molecule is CCCCCCCCCCCCCCCCCCCCCCOC(=O)c1ccc(C(=O)c2ccccc2)cc1. The Kier molecular flexibility index (Phi) is 18.8. The number of hydrogen-bond acceptors (Lipinski definition) is 3. The van der Waals surface area contributed by atoms with Gasteiger partial charge in [0, 0.05) is 11.1 Å². The van der Waals surface area contributed by atoms with Crippen LogP contribution in [0.5, 0.6) is 0 Å². The fraction of sp³-hybridized carbons (Fsp3) is 0.611. The number of benzene rings is 2. The second kappa shape index (κ2) is 22.4. The predicted molar refractivity (Wildman–Crippen MR) is 165 cm³/mol. The molecule has 2 aromatic carbocycles. The van der Waals surface area contributed by atoms with Gasteiger partial charge in [-0.2, -0.15) is 0 Å². The number of hydrogen-bond donors (Lipinski definition) is 0. The van der Waals surface area contributed by atoms with Crippen LogP contribution in [0.15, 0.2) is 54.6 Å². The molecule has 0 amide bonds. The summed E-state index contributed by atoms with van der Waals surface area (Å²) in [6.07, 6.45) is 27.1. The quantitative estimate of drug-likeness (QED) is 0.0764. The smallest absolute Gasteiger partial charge is 0.338 e. The van der Waals surface area contributed by atoms with E-state index in [1.165, 1.54) is 116 Å². The van der Waals surface area contributed by atoms with E-state index in [1.54, 1.807) is 36.4 Å². The van der Waals surface area contributed by atoms with Crippen LogP contribution < -0.4 is 0 Å². The summed E-state index contributed by atoms with van der Waals surface area (Å²) in [5.74, 6) is -0.355. The number of esters is 1. The molecule has 3 nitrogen and oxygen atoms in total. The lowest BCUT2D eigenvalue weighted by atomic mass is 10.0. The second-order valence-corrected chi connectivity index (χ2v) is 11.1. The van der Waals surface area contributed by atoms with Gasteiger partial charge < -0.3 is 4.74 Å². The highest BCUT2D eigenvalue weighted by atomic mass is 16.5. The lowest BCUT2D eigenvalue weighted by Gasteiger charge is -2.06. The number of rotatable bonds is 24. The molecule has 0 aromatic heterocycles. The van der Waals surface area contributed by atoms with Crippen molar-refractivity contribution in [3.63, 3.8) is 0 Å². The van der Waals surface area contributed by atoms with Crippen molar-refractivity contribution in [3.8, 4) is 0 Å². The highest BCUT2D eigenvalue weighted by molar-refractivity contribution is 6.09. The van der Waals surface area contributed by atoms with Crippen LogP contribution in [-0.2, 0) is 4.74 Å². The van der Waals surface area contributed by atoms with Gasteiger partial charge >= 0.3 is 5.97 Å². The summed E-state index contributed by atoms with van der Waals surface area (Å²) in [4.78, 5) is 24.8. The zero-order valence-corrected chi connectivity index (χ0v) is 24.8. The summed E-state index contributed by atoms with van der Waals surface area (Å²) in [6, 6.07) is 15.9. The zero-order chi connectivity index (χ0) is 27.8. The van der Waals surface area contributed by atoms with Gasteiger partial charge in [-0.15, -0.1) is 0 Å². The Labute approximate surface area is 239 Å². The topological polar surface area (TPSA) is 43.4 Å². The van der Waals surface area contributed by atoms with E-state index < -0.39 is 0 Å². The molecule has 39 heavy (non-hydrogen) atoms. The molecule has 0 saturated carbocycles. The van der Waals surface area contributed by atoms with Crippen LogP contribution in [0.25, 0.3) is 0 Å². The van der Waals surface area contributed by atoms with Crippen molar-refractivity contribution in [2.24, 2.45) is 0 Å². The Morgan fingerprint density at radius 3 is 1.26 bits per heavy atom. The maximum atomic E-state index is 12.5. The van der Waals surface area contributed by atoms with Crippen molar-refractivity contribution in [1.29, 1.82) is 0 Å². The van der Waals surface area contributed by atoms with E-state index in [0.29, 0.717) is 23.3 Å². The van der Waals surface area contributed by atoms with Crippen LogP contribution in [0.4, 0.5) is 0 Å². The maximum absolute atomic E-state index is 12.5. The van der Waals surface area contributed by atoms with Crippen LogP contribution in [0.3, 0.4) is 0 Å². The standard InChI is InChI=1S/C36H54O3/c1-2-3-4-5-6-7-8-9-10-11-12-13-14-15-16-17-18-19-20-24-31-39-36(38)34-29-27-33(28-30-34)35(37)32-25-22-21-23-26-32/h21-23,25-30H,2-20,24,31H2,1H3. The van der Waals surface area contributed by atoms with Gasteiger partial charge in [-0.05, 0) is 18.6 Å². The molecular formula is C36H54O3. The molecule has 0 spiro atoms. The van der Waals surface area contributed by atoms with Crippen molar-refractivity contribution in [1.82, 2.24) is 0 Å². The third kappa shape index (κ3) is 15.7. The molecule has 0 aliphatic heterocycles. The first-order chi connectivity index (χ1) is 19.2. The minimum Gasteiger partial charge on any atom is -0.462 e. The Bertz CT molecular complexity index is 872. The maximum Gasteiger partial charge on any atom is 0.338 e. The Morgan fingerprint density at radius 2 is 0.821 bits per heavy atom. The van der Waals surface area contributed by atoms with E-state index in [-0.39, 0.29) is 11.8 Å². The third-order valence-corrected chi connectivity index (χ3v) is 7.65. The average Bonchev–Trinajstić information content (AvgIpc) is 2.98. The predicted octanol–water partition coefficient (Wildman–Crippen LogP) is 10.9. The van der Waals surface area contributed by atoms with Crippen molar-refractivity contribution >= 4 is 11.8 Å². The van der Waals surface area contributed by atoms with E-state index in [0.717, 1.165) is 12.8 Å². The zero-order valence-electron chi connectivity index (χ0n) is 24.8. The largest absolute Gasteiger partial charge is 0.462 e. The van der Waals surface area contributed by atoms with Crippen LogP contribution in [0, 0.1) is 0 Å². The first-order valence-electron chi connectivity index (χ1n) is 16.1. The van der Waals surface area contributed by atoms with Crippen molar-refractivity contribution in [2.75, 3.05) is 6.61 Å². The lowest BCUT2D eigenvalue weighted by Crippen LogP contribution is -2.07. The van der Waals surface area contributed by atoms with E-state index >= 15 is 0 Å². The van der Waals surface area contributed by atoms with Crippen LogP contribution >= 0.6 is 0 Å². The molecule has 0 aliphatic rings. The van der Waals surface area contributed by atoms with E-state index in [9.17, 15) is 9.59 Å². The molecule has 0 saturated heterocycles. The molecule has 0 fully saturated rings. The van der Waals surface area contributed by atoms with Gasteiger partial charge in [0.1, 0.15) is 0 Å². The highest BCUT2D eigenvalue weighted by Crippen LogP contribution is 2.15. The molecular weight excluding hydrogens is 480 g/mol. The van der Waals surface area contributed by atoms with Crippen molar-refractivity contribution in [3.05, 3.63) is 71.3 Å². The minimum absolute atomic E-state index is 0.0418. The van der Waals surface area contributed by atoms with Gasteiger partial charge in [-0.3, -0.25) is 4.79 Å².